The summed E-state index contributed by atoms with van der Waals surface area (Å²) in [6, 6.07) is 37.9. The van der Waals surface area contributed by atoms with Gasteiger partial charge in [-0.3, -0.25) is 10.2 Å². The second kappa shape index (κ2) is 15.0. The third kappa shape index (κ3) is 7.97. The second-order valence-electron chi connectivity index (χ2n) is 10.4. The molecule has 0 aliphatic carbocycles. The molecule has 5 rings (SSSR count). The highest BCUT2D eigenvalue weighted by molar-refractivity contribution is 6.00. The number of carbonyl (C=O) groups is 1. The Morgan fingerprint density at radius 3 is 2.16 bits per heavy atom. The van der Waals surface area contributed by atoms with Crippen molar-refractivity contribution in [2.24, 2.45) is 4.99 Å². The van der Waals surface area contributed by atoms with Crippen LogP contribution >= 0.6 is 0 Å². The van der Waals surface area contributed by atoms with E-state index in [0.717, 1.165) is 22.3 Å². The predicted octanol–water partition coefficient (Wildman–Crippen LogP) is 5.52. The molecule has 7 heteroatoms. The summed E-state index contributed by atoms with van der Waals surface area (Å²) < 4.78 is 11.7. The molecule has 1 aliphatic rings. The molecule has 0 bridgehead atoms. The van der Waals surface area contributed by atoms with E-state index in [4.69, 9.17) is 19.6 Å². The SMILES string of the molecule is O=C(NNCC(c1ccccc1)c1ccccc1)[C@]1(C/C=C/c2ccccc2)COC(c2ccc(OCCCO)cc2)=N1. The number of ether oxygens (including phenoxy) is 2. The summed E-state index contributed by atoms with van der Waals surface area (Å²) in [6.45, 7) is 1.14. The van der Waals surface area contributed by atoms with Crippen molar-refractivity contribution < 1.29 is 19.4 Å². The minimum absolute atomic E-state index is 0.0497. The average molecular weight is 576 g/mol. The van der Waals surface area contributed by atoms with Crippen LogP contribution in [0, 0.1) is 0 Å². The third-order valence-electron chi connectivity index (χ3n) is 7.34. The van der Waals surface area contributed by atoms with Crippen LogP contribution in [0.5, 0.6) is 5.75 Å². The Morgan fingerprint density at radius 1 is 0.907 bits per heavy atom. The lowest BCUT2D eigenvalue weighted by Gasteiger charge is -2.24. The fraction of sp³-hybridized carbons (Fsp3) is 0.222. The maximum atomic E-state index is 13.8. The van der Waals surface area contributed by atoms with Gasteiger partial charge in [-0.2, -0.15) is 0 Å². The molecule has 0 unspecified atom stereocenters. The smallest absolute Gasteiger partial charge is 0.266 e. The summed E-state index contributed by atoms with van der Waals surface area (Å²) in [5.74, 6) is 0.899. The minimum Gasteiger partial charge on any atom is -0.494 e. The summed E-state index contributed by atoms with van der Waals surface area (Å²) in [6.07, 6.45) is 4.90. The van der Waals surface area contributed by atoms with E-state index in [1.807, 2.05) is 103 Å². The van der Waals surface area contributed by atoms with Crippen molar-refractivity contribution >= 4 is 17.9 Å². The molecule has 0 radical (unpaired) electrons. The molecule has 1 amide bonds. The highest BCUT2D eigenvalue weighted by Crippen LogP contribution is 2.28. The normalized spacial score (nSPS) is 16.2. The van der Waals surface area contributed by atoms with Crippen LogP contribution in [-0.4, -0.2) is 48.8 Å². The quantitative estimate of drug-likeness (QED) is 0.136. The van der Waals surface area contributed by atoms with Crippen LogP contribution in [0.4, 0.5) is 0 Å². The molecule has 0 fully saturated rings. The largest absolute Gasteiger partial charge is 0.494 e. The lowest BCUT2D eigenvalue weighted by Crippen LogP contribution is -2.52. The van der Waals surface area contributed by atoms with Gasteiger partial charge in [-0.25, -0.2) is 10.4 Å². The lowest BCUT2D eigenvalue weighted by molar-refractivity contribution is -0.127. The molecule has 43 heavy (non-hydrogen) atoms. The molecule has 4 aromatic carbocycles. The highest BCUT2D eigenvalue weighted by atomic mass is 16.5. The summed E-state index contributed by atoms with van der Waals surface area (Å²) in [4.78, 5) is 18.7. The maximum absolute atomic E-state index is 13.8. The molecule has 1 aliphatic heterocycles. The van der Waals surface area contributed by atoms with E-state index in [2.05, 4.69) is 35.1 Å². The number of hydrogen-bond acceptors (Lipinski definition) is 6. The van der Waals surface area contributed by atoms with Gasteiger partial charge in [0, 0.05) is 37.5 Å². The van der Waals surface area contributed by atoms with Crippen LogP contribution in [0.3, 0.4) is 0 Å². The van der Waals surface area contributed by atoms with Gasteiger partial charge in [0.15, 0.2) is 5.54 Å². The van der Waals surface area contributed by atoms with Crippen molar-refractivity contribution in [3.05, 3.63) is 144 Å². The molecule has 7 nitrogen and oxygen atoms in total. The van der Waals surface area contributed by atoms with E-state index in [9.17, 15) is 4.79 Å². The van der Waals surface area contributed by atoms with E-state index in [1.54, 1.807) is 0 Å². The molecule has 0 saturated heterocycles. The number of nitrogens with one attached hydrogen (secondary N) is 2. The van der Waals surface area contributed by atoms with Crippen molar-refractivity contribution in [1.29, 1.82) is 0 Å². The van der Waals surface area contributed by atoms with Crippen LogP contribution < -0.4 is 15.6 Å². The maximum Gasteiger partial charge on any atom is 0.266 e. The zero-order chi connectivity index (χ0) is 29.7. The van der Waals surface area contributed by atoms with Crippen LogP contribution in [0.15, 0.2) is 126 Å². The van der Waals surface area contributed by atoms with Gasteiger partial charge in [-0.1, -0.05) is 103 Å². The van der Waals surface area contributed by atoms with Gasteiger partial charge in [0.2, 0.25) is 5.90 Å². The van der Waals surface area contributed by atoms with Gasteiger partial charge < -0.3 is 14.6 Å². The Morgan fingerprint density at radius 2 is 1.53 bits per heavy atom. The number of nitrogens with zero attached hydrogens (tertiary/aromatic N) is 1. The van der Waals surface area contributed by atoms with E-state index >= 15 is 0 Å². The lowest BCUT2D eigenvalue weighted by atomic mass is 9.91. The number of amides is 1. The third-order valence-corrected chi connectivity index (χ3v) is 7.34. The van der Waals surface area contributed by atoms with Crippen molar-refractivity contribution in [1.82, 2.24) is 10.9 Å². The Balaban J connectivity index is 1.32. The molecule has 0 aromatic heterocycles. The molecule has 0 spiro atoms. The number of aliphatic imine (C=N–C) groups is 1. The summed E-state index contributed by atoms with van der Waals surface area (Å²) in [5, 5.41) is 8.98. The Hall–Kier alpha value is -4.72. The number of aliphatic hydroxyl groups is 1. The Labute approximate surface area is 252 Å². The van der Waals surface area contributed by atoms with E-state index in [-0.39, 0.29) is 25.0 Å². The standard InChI is InChI=1S/C36H37N3O4/c40-24-11-25-42-32-21-19-31(20-22-32)34-38-36(27-43-34,23-10-14-28-12-4-1-5-13-28)35(41)39-37-26-33(29-15-6-2-7-16-29)30-17-8-3-9-18-30/h1-10,12-22,33,37,40H,11,23-27H2,(H,39,41)/b14-10+/t36-/m0/s1. The van der Waals surface area contributed by atoms with E-state index in [0.29, 0.717) is 37.6 Å². The summed E-state index contributed by atoms with van der Waals surface area (Å²) in [5.41, 5.74) is 9.12. The minimum atomic E-state index is -1.14. The van der Waals surface area contributed by atoms with Crippen LogP contribution in [0.25, 0.3) is 6.08 Å². The van der Waals surface area contributed by atoms with Crippen molar-refractivity contribution in [3.8, 4) is 5.75 Å². The zero-order valence-corrected chi connectivity index (χ0v) is 24.1. The zero-order valence-electron chi connectivity index (χ0n) is 24.1. The van der Waals surface area contributed by atoms with Crippen molar-refractivity contribution in [2.75, 3.05) is 26.4 Å². The first-order valence-electron chi connectivity index (χ1n) is 14.6. The number of benzene rings is 4. The molecule has 1 heterocycles. The predicted molar refractivity (Wildman–Crippen MR) is 170 cm³/mol. The number of hydrogen-bond donors (Lipinski definition) is 3. The monoisotopic (exact) mass is 575 g/mol. The van der Waals surface area contributed by atoms with Gasteiger partial charge in [-0.15, -0.1) is 0 Å². The number of carbonyl (C=O) groups excluding carboxylic acids is 1. The number of hydrazine groups is 1. The fourth-order valence-corrected chi connectivity index (χ4v) is 4.96. The van der Waals surface area contributed by atoms with Gasteiger partial charge in [-0.05, 0) is 41.0 Å². The van der Waals surface area contributed by atoms with Crippen LogP contribution in [0.1, 0.15) is 41.0 Å². The molecule has 1 atom stereocenters. The molecular weight excluding hydrogens is 538 g/mol. The molecule has 220 valence electrons. The summed E-state index contributed by atoms with van der Waals surface area (Å²) in [7, 11) is 0. The second-order valence-corrected chi connectivity index (χ2v) is 10.4. The van der Waals surface area contributed by atoms with Crippen LogP contribution in [-0.2, 0) is 9.53 Å². The molecule has 3 N–H and O–H groups in total. The Bertz CT molecular complexity index is 1450. The molecule has 4 aromatic rings. The molecule has 0 saturated carbocycles. The topological polar surface area (TPSA) is 92.2 Å². The van der Waals surface area contributed by atoms with Crippen LogP contribution in [0.2, 0.25) is 0 Å². The van der Waals surface area contributed by atoms with Gasteiger partial charge in [0.1, 0.15) is 12.4 Å². The van der Waals surface area contributed by atoms with E-state index in [1.165, 1.54) is 0 Å². The fourth-order valence-electron chi connectivity index (χ4n) is 4.96. The van der Waals surface area contributed by atoms with Gasteiger partial charge in [0.05, 0.1) is 6.61 Å². The first kappa shape index (κ1) is 29.8. The van der Waals surface area contributed by atoms with E-state index < -0.39 is 5.54 Å². The number of rotatable bonds is 14. The first-order chi connectivity index (χ1) is 21.2. The number of aliphatic hydroxyl groups excluding tert-OH is 1. The Kier molecular flexibility index (Phi) is 10.4. The first-order valence-corrected chi connectivity index (χ1v) is 14.6. The van der Waals surface area contributed by atoms with Gasteiger partial charge >= 0.3 is 0 Å². The summed E-state index contributed by atoms with van der Waals surface area (Å²) >= 11 is 0. The van der Waals surface area contributed by atoms with Crippen molar-refractivity contribution in [2.45, 2.75) is 24.3 Å². The highest BCUT2D eigenvalue weighted by Gasteiger charge is 2.43. The average Bonchev–Trinajstić information content (AvgIpc) is 3.50. The van der Waals surface area contributed by atoms with Crippen molar-refractivity contribution in [3.63, 3.8) is 0 Å². The molecular formula is C36H37N3O4. The van der Waals surface area contributed by atoms with Gasteiger partial charge in [0.25, 0.3) is 5.91 Å².